The Kier molecular flexibility index (Phi) is 7.03. The molecule has 0 saturated carbocycles. The van der Waals surface area contributed by atoms with Gasteiger partial charge in [0.05, 0.1) is 16.4 Å². The van der Waals surface area contributed by atoms with Gasteiger partial charge in [0.1, 0.15) is 18.9 Å². The highest BCUT2D eigenvalue weighted by Crippen LogP contribution is 2.34. The molecule has 2 aromatic carbocycles. The minimum Gasteiger partial charge on any atom is -0.488 e. The zero-order valence-electron chi connectivity index (χ0n) is 16.5. The first-order valence-electron chi connectivity index (χ1n) is 9.25. The van der Waals surface area contributed by atoms with Gasteiger partial charge in [0, 0.05) is 17.7 Å². The molecule has 0 bridgehead atoms. The molecule has 1 heterocycles. The Morgan fingerprint density at radius 2 is 1.97 bits per heavy atom. The van der Waals surface area contributed by atoms with Crippen molar-refractivity contribution in [2.45, 2.75) is 13.5 Å². The van der Waals surface area contributed by atoms with Gasteiger partial charge in [0.15, 0.2) is 0 Å². The van der Waals surface area contributed by atoms with Gasteiger partial charge in [-0.1, -0.05) is 30.3 Å². The normalized spacial score (nSPS) is 14.7. The summed E-state index contributed by atoms with van der Waals surface area (Å²) < 4.78 is 10.6. The highest BCUT2D eigenvalue weighted by atomic mass is 32.2. The van der Waals surface area contributed by atoms with E-state index in [4.69, 9.17) is 9.47 Å². The molecule has 1 aliphatic rings. The van der Waals surface area contributed by atoms with E-state index in [1.807, 2.05) is 0 Å². The van der Waals surface area contributed by atoms with E-state index in [1.165, 1.54) is 18.2 Å². The van der Waals surface area contributed by atoms with Crippen LogP contribution in [-0.2, 0) is 20.9 Å². The number of hydrogen-bond acceptors (Lipinski definition) is 8. The Hall–Kier alpha value is -3.66. The first-order valence-corrected chi connectivity index (χ1v) is 10.1. The Morgan fingerprint density at radius 3 is 2.71 bits per heavy atom. The third-order valence-corrected chi connectivity index (χ3v) is 5.09. The molecule has 0 radical (unpaired) electrons. The van der Waals surface area contributed by atoms with Gasteiger partial charge >= 0.3 is 5.97 Å². The van der Waals surface area contributed by atoms with E-state index in [9.17, 15) is 24.5 Å². The molecule has 0 spiro atoms. The molecule has 0 atom stereocenters. The van der Waals surface area contributed by atoms with Crippen molar-refractivity contribution in [1.29, 1.82) is 0 Å². The fourth-order valence-corrected chi connectivity index (χ4v) is 3.59. The Bertz CT molecular complexity index is 1070. The van der Waals surface area contributed by atoms with Crippen LogP contribution in [0.2, 0.25) is 0 Å². The van der Waals surface area contributed by atoms with Crippen LogP contribution in [0.5, 0.6) is 5.75 Å². The maximum absolute atomic E-state index is 12.6. The summed E-state index contributed by atoms with van der Waals surface area (Å²) in [5, 5.41) is 10.4. The molecule has 9 nitrogen and oxygen atoms in total. The van der Waals surface area contributed by atoms with Crippen molar-refractivity contribution in [3.05, 3.63) is 74.7 Å². The lowest BCUT2D eigenvalue weighted by Gasteiger charge is -2.11. The van der Waals surface area contributed by atoms with E-state index in [-0.39, 0.29) is 23.8 Å². The first kappa shape index (κ1) is 22.0. The summed E-state index contributed by atoms with van der Waals surface area (Å²) >= 11 is 0.725. The van der Waals surface area contributed by atoms with Crippen LogP contribution in [-0.4, -0.2) is 40.1 Å². The standard InChI is InChI=1S/C21H18N2O7S/c1-2-29-19(24)12-22-20(25)18(31-21(22)26)11-15-7-3-4-9-17(15)30-13-14-6-5-8-16(10-14)23(27)28/h3-11H,2,12-13H2,1H3. The van der Waals surface area contributed by atoms with Gasteiger partial charge in [-0.3, -0.25) is 29.4 Å². The molecular weight excluding hydrogens is 424 g/mol. The molecule has 31 heavy (non-hydrogen) atoms. The second-order valence-corrected chi connectivity index (χ2v) is 7.32. The number of nitro benzene ring substituents is 1. The second-order valence-electron chi connectivity index (χ2n) is 6.33. The van der Waals surface area contributed by atoms with Gasteiger partial charge in [-0.25, -0.2) is 0 Å². The first-order chi connectivity index (χ1) is 14.9. The van der Waals surface area contributed by atoms with E-state index < -0.39 is 28.6 Å². The van der Waals surface area contributed by atoms with Crippen LogP contribution in [0, 0.1) is 10.1 Å². The van der Waals surface area contributed by atoms with Crippen molar-refractivity contribution < 1.29 is 28.8 Å². The van der Waals surface area contributed by atoms with Crippen LogP contribution < -0.4 is 4.74 Å². The molecule has 0 aliphatic carbocycles. The SMILES string of the molecule is CCOC(=O)CN1C(=O)SC(=Cc2ccccc2OCc2cccc([N+](=O)[O-])c2)C1=O. The number of nitrogens with zero attached hydrogens (tertiary/aromatic N) is 2. The van der Waals surface area contributed by atoms with E-state index in [1.54, 1.807) is 43.3 Å². The van der Waals surface area contributed by atoms with E-state index in [0.717, 1.165) is 16.7 Å². The fourth-order valence-electron chi connectivity index (χ4n) is 2.77. The second kappa shape index (κ2) is 9.90. The lowest BCUT2D eigenvalue weighted by Crippen LogP contribution is -2.34. The number of rotatable bonds is 8. The smallest absolute Gasteiger partial charge is 0.326 e. The molecule has 0 N–H and O–H groups in total. The average Bonchev–Trinajstić information content (AvgIpc) is 3.01. The molecule has 1 aliphatic heterocycles. The number of carbonyl (C=O) groups is 3. The highest BCUT2D eigenvalue weighted by molar-refractivity contribution is 8.18. The zero-order valence-corrected chi connectivity index (χ0v) is 17.3. The van der Waals surface area contributed by atoms with Gasteiger partial charge in [-0.15, -0.1) is 0 Å². The molecule has 0 unspecified atom stereocenters. The molecule has 10 heteroatoms. The van der Waals surface area contributed by atoms with E-state index in [0.29, 0.717) is 16.9 Å². The maximum atomic E-state index is 12.6. The maximum Gasteiger partial charge on any atom is 0.326 e. The van der Waals surface area contributed by atoms with Crippen LogP contribution in [0.1, 0.15) is 18.1 Å². The van der Waals surface area contributed by atoms with Gasteiger partial charge in [0.2, 0.25) is 0 Å². The molecule has 1 saturated heterocycles. The number of imide groups is 1. The Labute approximate surface area is 181 Å². The van der Waals surface area contributed by atoms with Gasteiger partial charge < -0.3 is 9.47 Å². The lowest BCUT2D eigenvalue weighted by molar-refractivity contribution is -0.384. The summed E-state index contributed by atoms with van der Waals surface area (Å²) in [5.41, 5.74) is 1.12. The van der Waals surface area contributed by atoms with Crippen molar-refractivity contribution in [1.82, 2.24) is 4.90 Å². The number of nitro groups is 1. The number of ether oxygens (including phenoxy) is 2. The number of non-ortho nitro benzene ring substituents is 1. The summed E-state index contributed by atoms with van der Waals surface area (Å²) in [6.07, 6.45) is 1.51. The minimum atomic E-state index is -0.660. The number of benzene rings is 2. The van der Waals surface area contributed by atoms with E-state index in [2.05, 4.69) is 0 Å². The molecule has 3 rings (SSSR count). The van der Waals surface area contributed by atoms with Crippen LogP contribution in [0.3, 0.4) is 0 Å². The van der Waals surface area contributed by atoms with Crippen molar-refractivity contribution in [2.75, 3.05) is 13.2 Å². The Balaban J connectivity index is 1.76. The highest BCUT2D eigenvalue weighted by Gasteiger charge is 2.36. The summed E-state index contributed by atoms with van der Waals surface area (Å²) in [5.74, 6) is -0.811. The predicted octanol–water partition coefficient (Wildman–Crippen LogP) is 3.77. The average molecular weight is 442 g/mol. The summed E-state index contributed by atoms with van der Waals surface area (Å²) in [6, 6.07) is 13.0. The van der Waals surface area contributed by atoms with Crippen molar-refractivity contribution in [2.24, 2.45) is 0 Å². The number of amides is 2. The van der Waals surface area contributed by atoms with Gasteiger partial charge in [-0.2, -0.15) is 0 Å². The number of para-hydroxylation sites is 1. The van der Waals surface area contributed by atoms with Crippen LogP contribution in [0.25, 0.3) is 6.08 Å². The summed E-state index contributed by atoms with van der Waals surface area (Å²) in [7, 11) is 0. The largest absolute Gasteiger partial charge is 0.488 e. The topological polar surface area (TPSA) is 116 Å². The number of esters is 1. The van der Waals surface area contributed by atoms with Crippen molar-refractivity contribution >= 4 is 40.6 Å². The third kappa shape index (κ3) is 5.48. The summed E-state index contributed by atoms with van der Waals surface area (Å²) in [6.45, 7) is 1.42. The van der Waals surface area contributed by atoms with Crippen molar-refractivity contribution in [3.8, 4) is 5.75 Å². The number of carbonyl (C=O) groups excluding carboxylic acids is 3. The van der Waals surface area contributed by atoms with Crippen LogP contribution >= 0.6 is 11.8 Å². The number of thioether (sulfide) groups is 1. The monoisotopic (exact) mass is 442 g/mol. The molecule has 0 aromatic heterocycles. The third-order valence-electron chi connectivity index (χ3n) is 4.19. The molecular formula is C21H18N2O7S. The number of hydrogen-bond donors (Lipinski definition) is 0. The molecule has 160 valence electrons. The minimum absolute atomic E-state index is 0.0374. The summed E-state index contributed by atoms with van der Waals surface area (Å²) in [4.78, 5) is 47.8. The fraction of sp³-hybridized carbons (Fsp3) is 0.190. The lowest BCUT2D eigenvalue weighted by atomic mass is 10.1. The predicted molar refractivity (Wildman–Crippen MR) is 113 cm³/mol. The Morgan fingerprint density at radius 1 is 1.19 bits per heavy atom. The van der Waals surface area contributed by atoms with Crippen LogP contribution in [0.4, 0.5) is 10.5 Å². The van der Waals surface area contributed by atoms with Gasteiger partial charge in [-0.05, 0) is 36.4 Å². The van der Waals surface area contributed by atoms with Crippen molar-refractivity contribution in [3.63, 3.8) is 0 Å². The molecule has 2 aromatic rings. The van der Waals surface area contributed by atoms with E-state index >= 15 is 0 Å². The zero-order chi connectivity index (χ0) is 22.4. The quantitative estimate of drug-likeness (QED) is 0.262. The van der Waals surface area contributed by atoms with Gasteiger partial charge in [0.25, 0.3) is 16.8 Å². The molecule has 1 fully saturated rings. The molecule has 2 amide bonds. The van der Waals surface area contributed by atoms with Crippen LogP contribution in [0.15, 0.2) is 53.4 Å².